The van der Waals surface area contributed by atoms with E-state index in [0.717, 1.165) is 0 Å². The molecular weight excluding hydrogens is 271 g/mol. The maximum absolute atomic E-state index is 11.9. The lowest BCUT2D eigenvalue weighted by Crippen LogP contribution is -2.43. The van der Waals surface area contributed by atoms with E-state index in [-0.39, 0.29) is 18.5 Å². The van der Waals surface area contributed by atoms with E-state index in [4.69, 9.17) is 9.47 Å². The van der Waals surface area contributed by atoms with Gasteiger partial charge in [-0.3, -0.25) is 0 Å². The van der Waals surface area contributed by atoms with Gasteiger partial charge in [-0.1, -0.05) is 0 Å². The van der Waals surface area contributed by atoms with Gasteiger partial charge >= 0.3 is 7.05 Å². The molecular formula is C10H19BN2O5S. The van der Waals surface area contributed by atoms with Gasteiger partial charge in [-0.15, -0.1) is 0 Å². The summed E-state index contributed by atoms with van der Waals surface area (Å²) in [7, 11) is -5.06. The van der Waals surface area contributed by atoms with Crippen LogP contribution in [0.3, 0.4) is 0 Å². The van der Waals surface area contributed by atoms with Crippen LogP contribution in [-0.4, -0.2) is 56.1 Å². The summed E-state index contributed by atoms with van der Waals surface area (Å²) in [5.74, 6) is 1.40. The van der Waals surface area contributed by atoms with Crippen LogP contribution in [0.25, 0.3) is 0 Å². The third kappa shape index (κ3) is 4.85. The second kappa shape index (κ2) is 6.92. The Morgan fingerprint density at radius 2 is 2.21 bits per heavy atom. The van der Waals surface area contributed by atoms with E-state index in [1.165, 1.54) is 12.2 Å². The highest BCUT2D eigenvalue weighted by atomic mass is 32.2. The molecule has 0 bridgehead atoms. The molecule has 1 rings (SSSR count). The normalized spacial score (nSPS) is 15.9. The summed E-state index contributed by atoms with van der Waals surface area (Å²) < 4.78 is 34.9. The standard InChI is InChI=1S/C10H19BN2O5S/c1-4-17-10-7-11(14)13(12-8-10)19(15,16)6-5-18-9(2)3/h7-9,14H,4-6H2,1-3H3. The maximum atomic E-state index is 11.9. The number of nitrogens with zero attached hydrogens (tertiary/aromatic N) is 2. The lowest BCUT2D eigenvalue weighted by Gasteiger charge is -2.23. The van der Waals surface area contributed by atoms with Crippen molar-refractivity contribution in [3.8, 4) is 0 Å². The molecule has 7 nitrogen and oxygen atoms in total. The third-order valence-electron chi connectivity index (χ3n) is 2.23. The molecule has 108 valence electrons. The van der Waals surface area contributed by atoms with Crippen molar-refractivity contribution in [2.24, 2.45) is 5.10 Å². The molecule has 0 unspecified atom stereocenters. The fourth-order valence-corrected chi connectivity index (χ4v) is 2.48. The number of sulfonamides is 1. The molecule has 1 aliphatic rings. The molecule has 0 aromatic rings. The van der Waals surface area contributed by atoms with Gasteiger partial charge in [0.25, 0.3) is 0 Å². The molecule has 0 aromatic heterocycles. The van der Waals surface area contributed by atoms with Crippen LogP contribution in [0.2, 0.25) is 0 Å². The summed E-state index contributed by atoms with van der Waals surface area (Å²) in [6, 6.07) is 0. The highest BCUT2D eigenvalue weighted by Gasteiger charge is 2.33. The SMILES string of the molecule is CCOC1=CB(O)N(S(=O)(=O)CCOC(C)C)N=C1. The Labute approximate surface area is 114 Å². The molecule has 9 heteroatoms. The summed E-state index contributed by atoms with van der Waals surface area (Å²) in [5, 5.41) is 13.4. The minimum Gasteiger partial charge on any atom is -0.493 e. The zero-order chi connectivity index (χ0) is 14.5. The topological polar surface area (TPSA) is 88.4 Å². The first-order valence-electron chi connectivity index (χ1n) is 6.07. The molecule has 0 atom stereocenters. The molecule has 1 aliphatic heterocycles. The van der Waals surface area contributed by atoms with Crippen LogP contribution in [0.4, 0.5) is 0 Å². The van der Waals surface area contributed by atoms with E-state index in [2.05, 4.69) is 5.10 Å². The lowest BCUT2D eigenvalue weighted by molar-refractivity contribution is 0.0909. The van der Waals surface area contributed by atoms with Gasteiger partial charge in [-0.2, -0.15) is 5.10 Å². The number of ether oxygens (including phenoxy) is 2. The number of rotatable bonds is 7. The first kappa shape index (κ1) is 16.0. The van der Waals surface area contributed by atoms with Crippen LogP contribution >= 0.6 is 0 Å². The van der Waals surface area contributed by atoms with Gasteiger partial charge in [0.1, 0.15) is 5.76 Å². The van der Waals surface area contributed by atoms with Gasteiger partial charge in [-0.05, 0) is 26.7 Å². The second-order valence-electron chi connectivity index (χ2n) is 4.17. The molecule has 1 N–H and O–H groups in total. The molecule has 19 heavy (non-hydrogen) atoms. The van der Waals surface area contributed by atoms with Crippen molar-refractivity contribution >= 4 is 23.3 Å². The van der Waals surface area contributed by atoms with Crippen molar-refractivity contribution in [1.29, 1.82) is 0 Å². The average Bonchev–Trinajstić information content (AvgIpc) is 2.28. The van der Waals surface area contributed by atoms with E-state index in [1.54, 1.807) is 6.92 Å². The minimum absolute atomic E-state index is 0.0468. The van der Waals surface area contributed by atoms with E-state index >= 15 is 0 Å². The Kier molecular flexibility index (Phi) is 5.83. The van der Waals surface area contributed by atoms with Crippen molar-refractivity contribution in [2.45, 2.75) is 26.9 Å². The monoisotopic (exact) mass is 290 g/mol. The number of allylic oxidation sites excluding steroid dienone is 1. The number of hydrogen-bond donors (Lipinski definition) is 1. The fraction of sp³-hybridized carbons (Fsp3) is 0.700. The third-order valence-corrected chi connectivity index (χ3v) is 3.79. The quantitative estimate of drug-likeness (QED) is 0.666. The molecule has 0 spiro atoms. The molecule has 0 aliphatic carbocycles. The highest BCUT2D eigenvalue weighted by molar-refractivity contribution is 7.90. The summed E-state index contributed by atoms with van der Waals surface area (Å²) in [4.78, 5) is 0. The molecule has 0 saturated carbocycles. The van der Waals surface area contributed by atoms with Crippen LogP contribution in [0, 0.1) is 0 Å². The molecule has 0 saturated heterocycles. The maximum Gasteiger partial charge on any atom is 0.479 e. The van der Waals surface area contributed by atoms with Crippen LogP contribution < -0.4 is 0 Å². The number of hydrogen-bond acceptors (Lipinski definition) is 6. The van der Waals surface area contributed by atoms with Gasteiger partial charge in [0.05, 0.1) is 31.3 Å². The highest BCUT2D eigenvalue weighted by Crippen LogP contribution is 2.12. The predicted molar refractivity (Wildman–Crippen MR) is 72.9 cm³/mol. The summed E-state index contributed by atoms with van der Waals surface area (Å²) in [6.45, 7) is 5.89. The van der Waals surface area contributed by atoms with Crippen LogP contribution in [0.5, 0.6) is 0 Å². The number of hydrazone groups is 1. The molecule has 0 radical (unpaired) electrons. The Morgan fingerprint density at radius 3 is 2.74 bits per heavy atom. The first-order valence-corrected chi connectivity index (χ1v) is 7.68. The zero-order valence-electron chi connectivity index (χ0n) is 11.3. The van der Waals surface area contributed by atoms with Crippen molar-refractivity contribution < 1.29 is 22.9 Å². The van der Waals surface area contributed by atoms with Crippen molar-refractivity contribution in [3.05, 3.63) is 11.7 Å². The summed E-state index contributed by atoms with van der Waals surface area (Å²) in [5.41, 5.74) is 0. The fourth-order valence-electron chi connectivity index (χ4n) is 1.41. The van der Waals surface area contributed by atoms with Crippen LogP contribution in [0.1, 0.15) is 20.8 Å². The van der Waals surface area contributed by atoms with E-state index in [9.17, 15) is 13.4 Å². The first-order chi connectivity index (χ1) is 8.86. The summed E-state index contributed by atoms with van der Waals surface area (Å²) in [6.07, 6.45) is 1.21. The van der Waals surface area contributed by atoms with E-state index < -0.39 is 17.1 Å². The summed E-state index contributed by atoms with van der Waals surface area (Å²) >= 11 is 0. The van der Waals surface area contributed by atoms with Crippen molar-refractivity contribution in [3.63, 3.8) is 0 Å². The Balaban J connectivity index is 2.63. The Morgan fingerprint density at radius 1 is 1.53 bits per heavy atom. The van der Waals surface area contributed by atoms with E-state index in [1.807, 2.05) is 13.8 Å². The van der Waals surface area contributed by atoms with Gasteiger partial charge in [-0.25, -0.2) is 12.7 Å². The van der Waals surface area contributed by atoms with Crippen LogP contribution in [-0.2, 0) is 19.5 Å². The molecule has 0 fully saturated rings. The molecule has 0 amide bonds. The van der Waals surface area contributed by atoms with Crippen molar-refractivity contribution in [2.75, 3.05) is 19.0 Å². The van der Waals surface area contributed by atoms with E-state index in [0.29, 0.717) is 16.7 Å². The minimum atomic E-state index is -3.71. The second-order valence-corrected chi connectivity index (χ2v) is 6.11. The van der Waals surface area contributed by atoms with Gasteiger partial charge in [0.2, 0.25) is 10.0 Å². The molecule has 0 aromatic carbocycles. The lowest BCUT2D eigenvalue weighted by atomic mass is 9.84. The smallest absolute Gasteiger partial charge is 0.479 e. The van der Waals surface area contributed by atoms with Crippen LogP contribution in [0.15, 0.2) is 16.8 Å². The zero-order valence-corrected chi connectivity index (χ0v) is 12.1. The van der Waals surface area contributed by atoms with Gasteiger partial charge in [0, 0.05) is 0 Å². The van der Waals surface area contributed by atoms with Crippen molar-refractivity contribution in [1.82, 2.24) is 4.33 Å². The Hall–Kier alpha value is -1.06. The Bertz CT molecular complexity index is 449. The predicted octanol–water partition coefficient (Wildman–Crippen LogP) is -0.0173. The largest absolute Gasteiger partial charge is 0.493 e. The van der Waals surface area contributed by atoms with Gasteiger partial charge in [0.15, 0.2) is 0 Å². The average molecular weight is 290 g/mol. The van der Waals surface area contributed by atoms with Gasteiger partial charge < -0.3 is 14.5 Å². The molecule has 1 heterocycles.